The van der Waals surface area contributed by atoms with Gasteiger partial charge < -0.3 is 9.47 Å². The van der Waals surface area contributed by atoms with E-state index in [0.717, 1.165) is 10.1 Å². The number of carbonyl (C=O) groups is 1. The molecule has 2 aromatic rings. The van der Waals surface area contributed by atoms with E-state index in [1.54, 1.807) is 24.3 Å². The topological polar surface area (TPSA) is 77.2 Å². The van der Waals surface area contributed by atoms with Crippen LogP contribution in [-0.4, -0.2) is 31.0 Å². The predicted octanol–water partition coefficient (Wildman–Crippen LogP) is 0.929. The molecule has 7 heteroatoms. The van der Waals surface area contributed by atoms with Crippen molar-refractivity contribution in [3.8, 4) is 0 Å². The van der Waals surface area contributed by atoms with E-state index in [9.17, 15) is 14.4 Å². The SMILES string of the molecule is CC(C)N(Cc1cccnc1)C(=O)/C=C/c1cn(C)c(=O)n(C)c1=O. The third-order valence-corrected chi connectivity index (χ3v) is 3.86. The van der Waals surface area contributed by atoms with E-state index in [1.807, 2.05) is 26.0 Å². The summed E-state index contributed by atoms with van der Waals surface area (Å²) in [7, 11) is 2.97. The number of nitrogens with zero attached hydrogens (tertiary/aromatic N) is 4. The van der Waals surface area contributed by atoms with Gasteiger partial charge in [0.2, 0.25) is 5.91 Å². The van der Waals surface area contributed by atoms with Crippen molar-refractivity contribution in [3.05, 3.63) is 68.8 Å². The van der Waals surface area contributed by atoms with E-state index in [0.29, 0.717) is 6.54 Å². The standard InChI is InChI=1S/C18H22N4O3/c1-13(2)22(11-14-6-5-9-19-10-14)16(23)8-7-15-12-20(3)18(25)21(4)17(15)24/h5-10,12-13H,11H2,1-4H3/b8-7+. The first-order valence-electron chi connectivity index (χ1n) is 7.95. The number of aryl methyl sites for hydroxylation is 1. The molecule has 132 valence electrons. The summed E-state index contributed by atoms with van der Waals surface area (Å²) in [6, 6.07) is 3.71. The van der Waals surface area contributed by atoms with Gasteiger partial charge in [0.15, 0.2) is 0 Å². The third-order valence-electron chi connectivity index (χ3n) is 3.86. The summed E-state index contributed by atoms with van der Waals surface area (Å²) in [5.74, 6) is -0.213. The Morgan fingerprint density at radius 2 is 2.04 bits per heavy atom. The minimum atomic E-state index is -0.435. The van der Waals surface area contributed by atoms with Crippen LogP contribution in [0.3, 0.4) is 0 Å². The van der Waals surface area contributed by atoms with Gasteiger partial charge >= 0.3 is 5.69 Å². The minimum absolute atomic E-state index is 0.0136. The second-order valence-electron chi connectivity index (χ2n) is 6.10. The van der Waals surface area contributed by atoms with E-state index in [4.69, 9.17) is 0 Å². The summed E-state index contributed by atoms with van der Waals surface area (Å²) in [6.45, 7) is 4.28. The molecule has 7 nitrogen and oxygen atoms in total. The van der Waals surface area contributed by atoms with E-state index in [1.165, 1.54) is 30.0 Å². The Kier molecular flexibility index (Phi) is 5.69. The highest BCUT2D eigenvalue weighted by molar-refractivity contribution is 5.91. The summed E-state index contributed by atoms with van der Waals surface area (Å²) in [4.78, 5) is 42.1. The van der Waals surface area contributed by atoms with Crippen LogP contribution in [0, 0.1) is 0 Å². The van der Waals surface area contributed by atoms with E-state index >= 15 is 0 Å². The van der Waals surface area contributed by atoms with Gasteiger partial charge in [-0.2, -0.15) is 0 Å². The number of hydrogen-bond donors (Lipinski definition) is 0. The Bertz CT molecular complexity index is 895. The Balaban J connectivity index is 2.26. The molecule has 0 atom stereocenters. The zero-order chi connectivity index (χ0) is 18.6. The van der Waals surface area contributed by atoms with Crippen LogP contribution in [-0.2, 0) is 25.4 Å². The Morgan fingerprint density at radius 1 is 1.32 bits per heavy atom. The number of rotatable bonds is 5. The fraction of sp³-hybridized carbons (Fsp3) is 0.333. The lowest BCUT2D eigenvalue weighted by atomic mass is 10.2. The second-order valence-corrected chi connectivity index (χ2v) is 6.10. The summed E-state index contributed by atoms with van der Waals surface area (Å²) in [6.07, 6.45) is 7.63. The van der Waals surface area contributed by atoms with Gasteiger partial charge in [0.05, 0.1) is 5.56 Å². The number of aromatic nitrogens is 3. The van der Waals surface area contributed by atoms with E-state index in [-0.39, 0.29) is 17.5 Å². The lowest BCUT2D eigenvalue weighted by Crippen LogP contribution is -2.38. The second kappa shape index (κ2) is 7.74. The summed E-state index contributed by atoms with van der Waals surface area (Å²) >= 11 is 0. The quantitative estimate of drug-likeness (QED) is 0.758. The van der Waals surface area contributed by atoms with Crippen LogP contribution >= 0.6 is 0 Å². The fourth-order valence-electron chi connectivity index (χ4n) is 2.41. The molecule has 2 heterocycles. The number of pyridine rings is 1. The summed E-state index contributed by atoms with van der Waals surface area (Å²) < 4.78 is 2.32. The molecule has 0 spiro atoms. The maximum Gasteiger partial charge on any atom is 0.330 e. The van der Waals surface area contributed by atoms with Crippen LogP contribution in [0.4, 0.5) is 0 Å². The molecular formula is C18H22N4O3. The van der Waals surface area contributed by atoms with Crippen molar-refractivity contribution in [3.63, 3.8) is 0 Å². The van der Waals surface area contributed by atoms with Crippen LogP contribution in [0.5, 0.6) is 0 Å². The van der Waals surface area contributed by atoms with E-state index in [2.05, 4.69) is 4.98 Å². The highest BCUT2D eigenvalue weighted by Gasteiger charge is 2.15. The zero-order valence-corrected chi connectivity index (χ0v) is 14.8. The van der Waals surface area contributed by atoms with Gasteiger partial charge in [-0.15, -0.1) is 0 Å². The van der Waals surface area contributed by atoms with Gasteiger partial charge in [0, 0.05) is 51.3 Å². The normalized spacial score (nSPS) is 11.2. The summed E-state index contributed by atoms with van der Waals surface area (Å²) in [5.41, 5.74) is 0.364. The molecule has 0 saturated carbocycles. The number of hydrogen-bond acceptors (Lipinski definition) is 4. The van der Waals surface area contributed by atoms with Gasteiger partial charge in [0.1, 0.15) is 0 Å². The lowest BCUT2D eigenvalue weighted by Gasteiger charge is -2.25. The number of amides is 1. The molecule has 2 rings (SSSR count). The smallest absolute Gasteiger partial charge is 0.330 e. The molecule has 25 heavy (non-hydrogen) atoms. The monoisotopic (exact) mass is 342 g/mol. The molecule has 0 N–H and O–H groups in total. The molecule has 0 bridgehead atoms. The lowest BCUT2D eigenvalue weighted by molar-refractivity contribution is -0.128. The molecule has 1 amide bonds. The van der Waals surface area contributed by atoms with Crippen molar-refractivity contribution in [2.75, 3.05) is 0 Å². The average molecular weight is 342 g/mol. The zero-order valence-electron chi connectivity index (χ0n) is 14.8. The first kappa shape index (κ1) is 18.4. The van der Waals surface area contributed by atoms with Crippen molar-refractivity contribution < 1.29 is 4.79 Å². The minimum Gasteiger partial charge on any atom is -0.332 e. The average Bonchev–Trinajstić information content (AvgIpc) is 2.60. The highest BCUT2D eigenvalue weighted by atomic mass is 16.2. The molecule has 0 unspecified atom stereocenters. The molecule has 0 aliphatic rings. The first-order valence-corrected chi connectivity index (χ1v) is 7.95. The fourth-order valence-corrected chi connectivity index (χ4v) is 2.41. The van der Waals surface area contributed by atoms with Crippen molar-refractivity contribution in [2.45, 2.75) is 26.4 Å². The molecular weight excluding hydrogens is 320 g/mol. The molecule has 0 fully saturated rings. The van der Waals surface area contributed by atoms with Crippen molar-refractivity contribution in [1.29, 1.82) is 0 Å². The van der Waals surface area contributed by atoms with Crippen LogP contribution in [0.25, 0.3) is 6.08 Å². The molecule has 0 radical (unpaired) electrons. The summed E-state index contributed by atoms with van der Waals surface area (Å²) in [5, 5.41) is 0. The Morgan fingerprint density at radius 3 is 2.64 bits per heavy atom. The van der Waals surface area contributed by atoms with E-state index < -0.39 is 11.2 Å². The molecule has 0 saturated heterocycles. The number of carbonyl (C=O) groups excluding carboxylic acids is 1. The van der Waals surface area contributed by atoms with Gasteiger partial charge in [-0.1, -0.05) is 6.07 Å². The largest absolute Gasteiger partial charge is 0.332 e. The maximum atomic E-state index is 12.6. The van der Waals surface area contributed by atoms with Crippen molar-refractivity contribution >= 4 is 12.0 Å². The van der Waals surface area contributed by atoms with Crippen LogP contribution in [0.15, 0.2) is 46.4 Å². The molecule has 0 aliphatic carbocycles. The van der Waals surface area contributed by atoms with Crippen molar-refractivity contribution in [1.82, 2.24) is 19.0 Å². The molecule has 0 aromatic carbocycles. The van der Waals surface area contributed by atoms with Crippen LogP contribution in [0.1, 0.15) is 25.0 Å². The third kappa shape index (κ3) is 4.32. The maximum absolute atomic E-state index is 12.6. The van der Waals surface area contributed by atoms with Crippen LogP contribution < -0.4 is 11.2 Å². The Labute approximate surface area is 145 Å². The predicted molar refractivity (Wildman–Crippen MR) is 95.9 cm³/mol. The Hall–Kier alpha value is -2.96. The van der Waals surface area contributed by atoms with Gasteiger partial charge in [0.25, 0.3) is 5.56 Å². The highest BCUT2D eigenvalue weighted by Crippen LogP contribution is 2.09. The molecule has 0 aliphatic heterocycles. The van der Waals surface area contributed by atoms with Gasteiger partial charge in [-0.25, -0.2) is 4.79 Å². The van der Waals surface area contributed by atoms with Gasteiger partial charge in [-0.05, 0) is 31.6 Å². The van der Waals surface area contributed by atoms with Crippen LogP contribution in [0.2, 0.25) is 0 Å². The van der Waals surface area contributed by atoms with Crippen molar-refractivity contribution in [2.24, 2.45) is 14.1 Å². The first-order chi connectivity index (χ1) is 11.8. The van der Waals surface area contributed by atoms with Gasteiger partial charge in [-0.3, -0.25) is 19.1 Å². The molecule has 2 aromatic heterocycles.